The van der Waals surface area contributed by atoms with Gasteiger partial charge in [0, 0.05) is 24.5 Å². The highest BCUT2D eigenvalue weighted by Gasteiger charge is 2.17. The summed E-state index contributed by atoms with van der Waals surface area (Å²) in [5, 5.41) is 2.94. The van der Waals surface area contributed by atoms with E-state index in [9.17, 15) is 4.79 Å². The summed E-state index contributed by atoms with van der Waals surface area (Å²) in [5.74, 6) is 0.615. The molecule has 4 nitrogen and oxygen atoms in total. The van der Waals surface area contributed by atoms with E-state index in [0.717, 1.165) is 35.7 Å². The highest BCUT2D eigenvalue weighted by atomic mass is 16.5. The van der Waals surface area contributed by atoms with E-state index in [-0.39, 0.29) is 5.91 Å². The first-order valence-corrected chi connectivity index (χ1v) is 9.43. The van der Waals surface area contributed by atoms with Gasteiger partial charge in [-0.1, -0.05) is 12.1 Å². The number of rotatable bonds is 5. The van der Waals surface area contributed by atoms with Gasteiger partial charge in [-0.3, -0.25) is 4.79 Å². The number of hydrogen-bond acceptors (Lipinski definition) is 3. The van der Waals surface area contributed by atoms with Crippen molar-refractivity contribution in [3.05, 3.63) is 53.6 Å². The van der Waals surface area contributed by atoms with Gasteiger partial charge in [0.25, 0.3) is 5.91 Å². The Morgan fingerprint density at radius 1 is 1.04 bits per heavy atom. The molecule has 0 aliphatic carbocycles. The van der Waals surface area contributed by atoms with E-state index in [1.165, 1.54) is 24.9 Å². The molecule has 1 aliphatic rings. The van der Waals surface area contributed by atoms with Crippen molar-refractivity contribution in [3.63, 3.8) is 0 Å². The normalized spacial score (nSPS) is 15.4. The second kappa shape index (κ2) is 8.26. The number of carbonyl (C=O) groups is 1. The van der Waals surface area contributed by atoms with Crippen molar-refractivity contribution in [1.29, 1.82) is 0 Å². The minimum Gasteiger partial charge on any atom is -0.481 e. The summed E-state index contributed by atoms with van der Waals surface area (Å²) in [6.07, 6.45) is 3.28. The smallest absolute Gasteiger partial charge is 0.265 e. The van der Waals surface area contributed by atoms with Crippen molar-refractivity contribution < 1.29 is 9.53 Å². The zero-order valence-electron chi connectivity index (χ0n) is 15.9. The van der Waals surface area contributed by atoms with Crippen molar-refractivity contribution >= 4 is 17.3 Å². The van der Waals surface area contributed by atoms with Crippen molar-refractivity contribution in [2.75, 3.05) is 23.3 Å². The average molecular weight is 352 g/mol. The molecule has 1 N–H and O–H groups in total. The van der Waals surface area contributed by atoms with E-state index in [4.69, 9.17) is 4.74 Å². The van der Waals surface area contributed by atoms with Crippen molar-refractivity contribution in [2.45, 2.75) is 46.1 Å². The molecule has 3 rings (SSSR count). The molecular weight excluding hydrogens is 324 g/mol. The van der Waals surface area contributed by atoms with Gasteiger partial charge in [-0.05, 0) is 81.5 Å². The standard InChI is InChI=1S/C22H28N2O2/c1-16-8-7-9-21(17(16)2)26-18(3)22(25)23-19-10-12-20(13-11-19)24-14-5-4-6-15-24/h7-13,18H,4-6,14-15H2,1-3H3,(H,23,25)/t18-/m0/s1. The summed E-state index contributed by atoms with van der Waals surface area (Å²) >= 11 is 0. The summed E-state index contributed by atoms with van der Waals surface area (Å²) in [5.41, 5.74) is 4.25. The molecule has 2 aromatic carbocycles. The van der Waals surface area contributed by atoms with Crippen LogP contribution < -0.4 is 15.0 Å². The Hall–Kier alpha value is -2.49. The summed E-state index contributed by atoms with van der Waals surface area (Å²) in [6, 6.07) is 14.0. The van der Waals surface area contributed by atoms with Crippen LogP contribution in [0.15, 0.2) is 42.5 Å². The monoisotopic (exact) mass is 352 g/mol. The van der Waals surface area contributed by atoms with Crippen LogP contribution in [0.3, 0.4) is 0 Å². The number of carbonyl (C=O) groups excluding carboxylic acids is 1. The van der Waals surface area contributed by atoms with Gasteiger partial charge in [0.15, 0.2) is 6.10 Å². The van der Waals surface area contributed by atoms with Crippen LogP contribution in [-0.4, -0.2) is 25.1 Å². The maximum Gasteiger partial charge on any atom is 0.265 e. The Balaban J connectivity index is 1.59. The molecule has 4 heteroatoms. The Kier molecular flexibility index (Phi) is 5.82. The summed E-state index contributed by atoms with van der Waals surface area (Å²) in [6.45, 7) is 8.06. The third-order valence-corrected chi connectivity index (χ3v) is 5.08. The van der Waals surface area contributed by atoms with Crippen LogP contribution in [0.1, 0.15) is 37.3 Å². The van der Waals surface area contributed by atoms with E-state index < -0.39 is 6.10 Å². The zero-order valence-corrected chi connectivity index (χ0v) is 15.9. The number of nitrogens with one attached hydrogen (secondary N) is 1. The van der Waals surface area contributed by atoms with Crippen LogP contribution >= 0.6 is 0 Å². The van der Waals surface area contributed by atoms with Gasteiger partial charge in [-0.15, -0.1) is 0 Å². The lowest BCUT2D eigenvalue weighted by Gasteiger charge is -2.28. The Morgan fingerprint density at radius 2 is 1.73 bits per heavy atom. The number of amides is 1. The van der Waals surface area contributed by atoms with Gasteiger partial charge >= 0.3 is 0 Å². The van der Waals surface area contributed by atoms with Crippen molar-refractivity contribution in [3.8, 4) is 5.75 Å². The molecule has 0 bridgehead atoms. The van der Waals surface area contributed by atoms with E-state index in [1.54, 1.807) is 6.92 Å². The molecule has 26 heavy (non-hydrogen) atoms. The minimum absolute atomic E-state index is 0.142. The topological polar surface area (TPSA) is 41.6 Å². The predicted octanol–water partition coefficient (Wildman–Crippen LogP) is 4.70. The summed E-state index contributed by atoms with van der Waals surface area (Å²) < 4.78 is 5.86. The quantitative estimate of drug-likeness (QED) is 0.848. The maximum absolute atomic E-state index is 12.5. The fourth-order valence-electron chi connectivity index (χ4n) is 3.25. The summed E-state index contributed by atoms with van der Waals surface area (Å²) in [4.78, 5) is 14.9. The zero-order chi connectivity index (χ0) is 18.5. The maximum atomic E-state index is 12.5. The third-order valence-electron chi connectivity index (χ3n) is 5.08. The largest absolute Gasteiger partial charge is 0.481 e. The first-order valence-electron chi connectivity index (χ1n) is 9.43. The van der Waals surface area contributed by atoms with E-state index >= 15 is 0 Å². The SMILES string of the molecule is Cc1cccc(O[C@@H](C)C(=O)Nc2ccc(N3CCCCC3)cc2)c1C. The molecule has 1 amide bonds. The molecule has 1 heterocycles. The lowest BCUT2D eigenvalue weighted by Crippen LogP contribution is -2.30. The van der Waals surface area contributed by atoms with Gasteiger partial charge in [-0.25, -0.2) is 0 Å². The van der Waals surface area contributed by atoms with Crippen LogP contribution in [0.4, 0.5) is 11.4 Å². The minimum atomic E-state index is -0.558. The van der Waals surface area contributed by atoms with Crippen LogP contribution in [-0.2, 0) is 4.79 Å². The van der Waals surface area contributed by atoms with Crippen LogP contribution in [0, 0.1) is 13.8 Å². The second-order valence-corrected chi connectivity index (χ2v) is 7.04. The fourth-order valence-corrected chi connectivity index (χ4v) is 3.25. The Labute approximate surface area is 156 Å². The lowest BCUT2D eigenvalue weighted by atomic mass is 10.1. The number of benzene rings is 2. The number of aryl methyl sites for hydroxylation is 1. The van der Waals surface area contributed by atoms with Gasteiger partial charge in [0.1, 0.15) is 5.75 Å². The second-order valence-electron chi connectivity index (χ2n) is 7.04. The number of anilines is 2. The predicted molar refractivity (Wildman–Crippen MR) is 107 cm³/mol. The number of hydrogen-bond donors (Lipinski definition) is 1. The fraction of sp³-hybridized carbons (Fsp3) is 0.409. The van der Waals surface area contributed by atoms with Crippen LogP contribution in [0.5, 0.6) is 5.75 Å². The number of ether oxygens (including phenoxy) is 1. The van der Waals surface area contributed by atoms with Crippen LogP contribution in [0.2, 0.25) is 0 Å². The molecular formula is C22H28N2O2. The highest BCUT2D eigenvalue weighted by molar-refractivity contribution is 5.94. The summed E-state index contributed by atoms with van der Waals surface area (Å²) in [7, 11) is 0. The van der Waals surface area contributed by atoms with Gasteiger partial charge < -0.3 is 15.0 Å². The molecule has 0 saturated carbocycles. The van der Waals surface area contributed by atoms with E-state index in [1.807, 2.05) is 44.2 Å². The third kappa shape index (κ3) is 4.37. The number of nitrogens with zero attached hydrogens (tertiary/aromatic N) is 1. The molecule has 1 saturated heterocycles. The molecule has 2 aromatic rings. The molecule has 0 radical (unpaired) electrons. The van der Waals surface area contributed by atoms with Gasteiger partial charge in [0.2, 0.25) is 0 Å². The highest BCUT2D eigenvalue weighted by Crippen LogP contribution is 2.23. The van der Waals surface area contributed by atoms with Crippen molar-refractivity contribution in [2.24, 2.45) is 0 Å². The van der Waals surface area contributed by atoms with E-state index in [0.29, 0.717) is 0 Å². The van der Waals surface area contributed by atoms with Crippen LogP contribution in [0.25, 0.3) is 0 Å². The Morgan fingerprint density at radius 3 is 2.42 bits per heavy atom. The van der Waals surface area contributed by atoms with Crippen molar-refractivity contribution in [1.82, 2.24) is 0 Å². The number of piperidine rings is 1. The first-order chi connectivity index (χ1) is 12.5. The van der Waals surface area contributed by atoms with Gasteiger partial charge in [0.05, 0.1) is 0 Å². The molecule has 0 aromatic heterocycles. The molecule has 1 atom stereocenters. The average Bonchev–Trinajstić information content (AvgIpc) is 2.66. The molecule has 0 spiro atoms. The first kappa shape index (κ1) is 18.3. The molecule has 1 aliphatic heterocycles. The lowest BCUT2D eigenvalue weighted by molar-refractivity contribution is -0.122. The molecule has 1 fully saturated rings. The Bertz CT molecular complexity index is 749. The molecule has 0 unspecified atom stereocenters. The molecule has 138 valence electrons. The van der Waals surface area contributed by atoms with E-state index in [2.05, 4.69) is 22.3 Å². The van der Waals surface area contributed by atoms with Gasteiger partial charge in [-0.2, -0.15) is 0 Å².